The maximum Gasteiger partial charge on any atom is 0.300 e. The van der Waals surface area contributed by atoms with Crippen molar-refractivity contribution in [1.29, 1.82) is 0 Å². The Morgan fingerprint density at radius 1 is 1.37 bits per heavy atom. The Morgan fingerprint density at radius 2 is 2.11 bits per heavy atom. The molecule has 19 heavy (non-hydrogen) atoms. The highest BCUT2D eigenvalue weighted by Gasteiger charge is 2.34. The van der Waals surface area contributed by atoms with Crippen molar-refractivity contribution in [1.82, 2.24) is 5.32 Å². The Kier molecular flexibility index (Phi) is 3.76. The van der Waals surface area contributed by atoms with Crippen molar-refractivity contribution in [3.05, 3.63) is 29.3 Å². The third kappa shape index (κ3) is 2.56. The standard InChI is InChI=1S/C14H16N2O3/c1-9(17)14(19)16-12-4-3-10(5-6-15-2)7-11(12)8-13(16)18/h3-4,7,15H,5-6,8H2,1-2H3. The summed E-state index contributed by atoms with van der Waals surface area (Å²) >= 11 is 0. The molecule has 0 aromatic heterocycles. The lowest BCUT2D eigenvalue weighted by molar-refractivity contribution is -0.137. The monoisotopic (exact) mass is 260 g/mol. The zero-order chi connectivity index (χ0) is 14.0. The van der Waals surface area contributed by atoms with Crippen LogP contribution in [0.5, 0.6) is 0 Å². The summed E-state index contributed by atoms with van der Waals surface area (Å²) in [6, 6.07) is 5.55. The van der Waals surface area contributed by atoms with E-state index in [-0.39, 0.29) is 12.3 Å². The lowest BCUT2D eigenvalue weighted by Gasteiger charge is -2.13. The lowest BCUT2D eigenvalue weighted by Crippen LogP contribution is -2.37. The third-order valence-electron chi connectivity index (χ3n) is 3.14. The largest absolute Gasteiger partial charge is 0.319 e. The molecule has 1 N–H and O–H groups in total. The van der Waals surface area contributed by atoms with Crippen molar-refractivity contribution in [3.8, 4) is 0 Å². The van der Waals surface area contributed by atoms with Gasteiger partial charge in [-0.05, 0) is 37.2 Å². The summed E-state index contributed by atoms with van der Waals surface area (Å²) in [4.78, 5) is 35.7. The highest BCUT2D eigenvalue weighted by atomic mass is 16.2. The summed E-state index contributed by atoms with van der Waals surface area (Å²) in [5, 5.41) is 3.06. The topological polar surface area (TPSA) is 66.5 Å². The number of imide groups is 1. The maximum atomic E-state index is 11.8. The van der Waals surface area contributed by atoms with E-state index >= 15 is 0 Å². The highest BCUT2D eigenvalue weighted by molar-refractivity contribution is 6.46. The van der Waals surface area contributed by atoms with Gasteiger partial charge in [0.1, 0.15) is 0 Å². The van der Waals surface area contributed by atoms with Crippen LogP contribution >= 0.6 is 0 Å². The van der Waals surface area contributed by atoms with Crippen molar-refractivity contribution in [2.45, 2.75) is 19.8 Å². The highest BCUT2D eigenvalue weighted by Crippen LogP contribution is 2.30. The van der Waals surface area contributed by atoms with Gasteiger partial charge in [0, 0.05) is 6.92 Å². The molecular formula is C14H16N2O3. The summed E-state index contributed by atoms with van der Waals surface area (Å²) in [7, 11) is 1.88. The number of carbonyl (C=O) groups is 3. The van der Waals surface area contributed by atoms with Gasteiger partial charge >= 0.3 is 5.91 Å². The smallest absolute Gasteiger partial charge is 0.300 e. The number of hydrogen-bond donors (Lipinski definition) is 1. The van der Waals surface area contributed by atoms with Gasteiger partial charge in [-0.2, -0.15) is 0 Å². The molecule has 0 saturated heterocycles. The zero-order valence-corrected chi connectivity index (χ0v) is 11.0. The van der Waals surface area contributed by atoms with Gasteiger partial charge in [-0.15, -0.1) is 0 Å². The number of likely N-dealkylation sites (N-methyl/N-ethyl adjacent to an activating group) is 1. The van der Waals surface area contributed by atoms with Gasteiger partial charge in [-0.1, -0.05) is 12.1 Å². The summed E-state index contributed by atoms with van der Waals surface area (Å²) in [5.41, 5.74) is 2.46. The second-order valence-corrected chi connectivity index (χ2v) is 4.58. The van der Waals surface area contributed by atoms with Crippen LogP contribution in [0, 0.1) is 0 Å². The van der Waals surface area contributed by atoms with Gasteiger partial charge in [0.2, 0.25) is 11.7 Å². The van der Waals surface area contributed by atoms with Crippen molar-refractivity contribution in [2.75, 3.05) is 18.5 Å². The summed E-state index contributed by atoms with van der Waals surface area (Å²) < 4.78 is 0. The average Bonchev–Trinajstić information content (AvgIpc) is 2.70. The Morgan fingerprint density at radius 3 is 2.74 bits per heavy atom. The second kappa shape index (κ2) is 5.32. The number of amides is 2. The number of ketones is 1. The molecule has 100 valence electrons. The summed E-state index contributed by atoms with van der Waals surface area (Å²) in [6.07, 6.45) is 1.04. The molecule has 0 radical (unpaired) electrons. The van der Waals surface area contributed by atoms with Crippen LogP contribution in [0.25, 0.3) is 0 Å². The summed E-state index contributed by atoms with van der Waals surface area (Å²) in [6.45, 7) is 2.03. The van der Waals surface area contributed by atoms with Crippen LogP contribution in [-0.2, 0) is 27.2 Å². The molecule has 0 unspecified atom stereocenters. The van der Waals surface area contributed by atoms with Crippen LogP contribution in [0.4, 0.5) is 5.69 Å². The van der Waals surface area contributed by atoms with Crippen molar-refractivity contribution in [2.24, 2.45) is 0 Å². The Labute approximate surface area is 111 Å². The van der Waals surface area contributed by atoms with Gasteiger partial charge in [0.15, 0.2) is 0 Å². The first-order valence-electron chi connectivity index (χ1n) is 6.19. The Bertz CT molecular complexity index is 552. The molecule has 1 heterocycles. The molecule has 1 aromatic carbocycles. The molecule has 5 heteroatoms. The molecule has 0 aliphatic carbocycles. The molecule has 0 fully saturated rings. The van der Waals surface area contributed by atoms with E-state index in [0.29, 0.717) is 5.69 Å². The minimum absolute atomic E-state index is 0.182. The molecule has 2 rings (SSSR count). The quantitative estimate of drug-likeness (QED) is 0.798. The van der Waals surface area contributed by atoms with Gasteiger partial charge < -0.3 is 5.32 Å². The van der Waals surface area contributed by atoms with Crippen molar-refractivity contribution in [3.63, 3.8) is 0 Å². The molecule has 1 aliphatic heterocycles. The number of fused-ring (bicyclic) bond motifs is 1. The fourth-order valence-electron chi connectivity index (χ4n) is 2.18. The molecule has 0 saturated carbocycles. The predicted octanol–water partition coefficient (Wildman–Crippen LogP) is 0.453. The second-order valence-electron chi connectivity index (χ2n) is 4.58. The van der Waals surface area contributed by atoms with E-state index in [9.17, 15) is 14.4 Å². The van der Waals surface area contributed by atoms with Gasteiger partial charge in [0.05, 0.1) is 12.1 Å². The molecule has 1 aromatic rings. The number of anilines is 1. The molecule has 0 bridgehead atoms. The van der Waals surface area contributed by atoms with Crippen LogP contribution in [0.1, 0.15) is 18.1 Å². The fraction of sp³-hybridized carbons (Fsp3) is 0.357. The summed E-state index contributed by atoms with van der Waals surface area (Å²) in [5.74, 6) is -1.71. The minimum Gasteiger partial charge on any atom is -0.319 e. The van der Waals surface area contributed by atoms with E-state index < -0.39 is 11.7 Å². The lowest BCUT2D eigenvalue weighted by atomic mass is 10.1. The van der Waals surface area contributed by atoms with Crippen LogP contribution < -0.4 is 10.2 Å². The van der Waals surface area contributed by atoms with Crippen molar-refractivity contribution >= 4 is 23.3 Å². The first kappa shape index (κ1) is 13.4. The number of nitrogens with one attached hydrogen (secondary N) is 1. The molecule has 1 aliphatic rings. The third-order valence-corrected chi connectivity index (χ3v) is 3.14. The normalized spacial score (nSPS) is 13.6. The molecule has 0 spiro atoms. The van der Waals surface area contributed by atoms with Gasteiger partial charge in [-0.3, -0.25) is 14.4 Å². The van der Waals surface area contributed by atoms with Crippen LogP contribution in [-0.4, -0.2) is 31.2 Å². The number of benzene rings is 1. The average molecular weight is 260 g/mol. The van der Waals surface area contributed by atoms with Gasteiger partial charge in [-0.25, -0.2) is 4.90 Å². The first-order chi connectivity index (χ1) is 9.04. The number of hydrogen-bond acceptors (Lipinski definition) is 4. The number of rotatable bonds is 4. The van der Waals surface area contributed by atoms with E-state index in [0.717, 1.165) is 29.0 Å². The number of Topliss-reactive ketones (excluding diaryl/α,β-unsaturated/α-hetero) is 1. The minimum atomic E-state index is -0.758. The van der Waals surface area contributed by atoms with Gasteiger partial charge in [0.25, 0.3) is 0 Å². The van der Waals surface area contributed by atoms with Crippen molar-refractivity contribution < 1.29 is 14.4 Å². The first-order valence-corrected chi connectivity index (χ1v) is 6.19. The van der Waals surface area contributed by atoms with Crippen LogP contribution in [0.2, 0.25) is 0 Å². The molecule has 5 nitrogen and oxygen atoms in total. The zero-order valence-electron chi connectivity index (χ0n) is 11.0. The Balaban J connectivity index is 2.30. The van der Waals surface area contributed by atoms with Crippen LogP contribution in [0.15, 0.2) is 18.2 Å². The Hall–Kier alpha value is -2.01. The van der Waals surface area contributed by atoms with Crippen LogP contribution in [0.3, 0.4) is 0 Å². The van der Waals surface area contributed by atoms with E-state index in [2.05, 4.69) is 5.32 Å². The fourth-order valence-corrected chi connectivity index (χ4v) is 2.18. The predicted molar refractivity (Wildman–Crippen MR) is 71.0 cm³/mol. The maximum absolute atomic E-state index is 11.8. The number of carbonyl (C=O) groups excluding carboxylic acids is 3. The molecule has 0 atom stereocenters. The van der Waals surface area contributed by atoms with E-state index in [4.69, 9.17) is 0 Å². The van der Waals surface area contributed by atoms with E-state index in [1.165, 1.54) is 6.92 Å². The van der Waals surface area contributed by atoms with E-state index in [1.54, 1.807) is 6.07 Å². The van der Waals surface area contributed by atoms with E-state index in [1.807, 2.05) is 19.2 Å². The molecular weight excluding hydrogens is 244 g/mol. The number of nitrogens with zero attached hydrogens (tertiary/aromatic N) is 1. The SMILES string of the molecule is CNCCc1ccc2c(c1)CC(=O)N2C(=O)C(C)=O. The molecule has 2 amide bonds.